The lowest BCUT2D eigenvalue weighted by Crippen LogP contribution is -2.21. The summed E-state index contributed by atoms with van der Waals surface area (Å²) in [6, 6.07) is 7.92. The third kappa shape index (κ3) is 3.17. The molecule has 2 unspecified atom stereocenters. The number of aliphatic hydroxyl groups excluding tert-OH is 1. The Kier molecular flexibility index (Phi) is 4.61. The highest BCUT2D eigenvalue weighted by atomic mass is 16.5. The number of rotatable bonds is 6. The van der Waals surface area contributed by atoms with E-state index in [0.717, 1.165) is 23.8 Å². The second-order valence-electron chi connectivity index (χ2n) is 4.92. The van der Waals surface area contributed by atoms with Crippen LogP contribution in [0.15, 0.2) is 28.7 Å². The molecule has 0 bridgehead atoms. The van der Waals surface area contributed by atoms with E-state index in [2.05, 4.69) is 13.0 Å². The van der Waals surface area contributed by atoms with Crippen molar-refractivity contribution in [1.82, 2.24) is 0 Å². The van der Waals surface area contributed by atoms with Crippen LogP contribution in [0.5, 0.6) is 0 Å². The quantitative estimate of drug-likeness (QED) is 0.856. The van der Waals surface area contributed by atoms with Crippen LogP contribution in [0.4, 0.5) is 0 Å². The number of furan rings is 1. The zero-order chi connectivity index (χ0) is 13.8. The first kappa shape index (κ1) is 14.1. The Morgan fingerprint density at radius 1 is 1.26 bits per heavy atom. The van der Waals surface area contributed by atoms with Crippen LogP contribution in [0.1, 0.15) is 44.1 Å². The van der Waals surface area contributed by atoms with Crippen LogP contribution in [-0.4, -0.2) is 17.8 Å². The van der Waals surface area contributed by atoms with Crippen LogP contribution in [0, 0.1) is 6.92 Å². The van der Waals surface area contributed by atoms with Crippen LogP contribution in [0.25, 0.3) is 11.0 Å². The van der Waals surface area contributed by atoms with Crippen molar-refractivity contribution in [2.45, 2.75) is 45.8 Å². The fourth-order valence-electron chi connectivity index (χ4n) is 2.34. The van der Waals surface area contributed by atoms with Crippen LogP contribution in [0.3, 0.4) is 0 Å². The minimum atomic E-state index is -0.701. The number of benzene rings is 1. The first-order valence-corrected chi connectivity index (χ1v) is 6.95. The summed E-state index contributed by atoms with van der Waals surface area (Å²) in [5, 5.41) is 11.4. The number of aliphatic hydroxyl groups is 1. The van der Waals surface area contributed by atoms with Crippen molar-refractivity contribution in [2.24, 2.45) is 0 Å². The predicted octanol–water partition coefficient (Wildman–Crippen LogP) is 3.98. The van der Waals surface area contributed by atoms with Crippen molar-refractivity contribution < 1.29 is 14.3 Å². The van der Waals surface area contributed by atoms with Crippen molar-refractivity contribution >= 4 is 11.0 Å². The Hall–Kier alpha value is -1.32. The molecule has 0 amide bonds. The lowest BCUT2D eigenvalue weighted by atomic mass is 10.1. The van der Waals surface area contributed by atoms with Crippen molar-refractivity contribution in [2.75, 3.05) is 6.61 Å². The molecule has 1 heterocycles. The molecule has 3 nitrogen and oxygen atoms in total. The Morgan fingerprint density at radius 2 is 2.05 bits per heavy atom. The predicted molar refractivity (Wildman–Crippen MR) is 76.2 cm³/mol. The lowest BCUT2D eigenvalue weighted by molar-refractivity contribution is -0.0463. The van der Waals surface area contributed by atoms with Crippen LogP contribution >= 0.6 is 0 Å². The molecule has 1 aromatic carbocycles. The Morgan fingerprint density at radius 3 is 2.74 bits per heavy atom. The number of hydrogen-bond donors (Lipinski definition) is 1. The molecule has 0 saturated heterocycles. The highest BCUT2D eigenvalue weighted by Crippen LogP contribution is 2.29. The maximum absolute atomic E-state index is 10.4. The summed E-state index contributed by atoms with van der Waals surface area (Å²) in [5.74, 6) is 0.590. The van der Waals surface area contributed by atoms with E-state index in [1.807, 2.05) is 32.0 Å². The molecule has 0 saturated carbocycles. The Balaban J connectivity index is 2.26. The van der Waals surface area contributed by atoms with E-state index in [4.69, 9.17) is 9.15 Å². The topological polar surface area (TPSA) is 42.6 Å². The highest BCUT2D eigenvalue weighted by molar-refractivity contribution is 5.78. The summed E-state index contributed by atoms with van der Waals surface area (Å²) in [6.07, 6.45) is 0.899. The van der Waals surface area contributed by atoms with Crippen LogP contribution < -0.4 is 0 Å². The molecule has 0 spiro atoms. The summed E-state index contributed by atoms with van der Waals surface area (Å²) in [7, 11) is 0. The van der Waals surface area contributed by atoms with Gasteiger partial charge in [-0.05, 0) is 38.5 Å². The normalized spacial score (nSPS) is 14.7. The van der Waals surface area contributed by atoms with E-state index < -0.39 is 6.10 Å². The van der Waals surface area contributed by atoms with Gasteiger partial charge in [0.1, 0.15) is 17.4 Å². The standard InChI is InChI=1S/C16H22O3/c1-4-6-14(18-5-2)16(17)15-10-12-9-11(3)7-8-13(12)19-15/h7-10,14,16-17H,4-6H2,1-3H3. The van der Waals surface area contributed by atoms with Crippen molar-refractivity contribution in [1.29, 1.82) is 0 Å². The van der Waals surface area contributed by atoms with E-state index in [1.54, 1.807) is 0 Å². The van der Waals surface area contributed by atoms with E-state index >= 15 is 0 Å². The number of ether oxygens (including phenoxy) is 1. The maximum atomic E-state index is 10.4. The monoisotopic (exact) mass is 262 g/mol. The van der Waals surface area contributed by atoms with Crippen molar-refractivity contribution in [3.05, 3.63) is 35.6 Å². The van der Waals surface area contributed by atoms with E-state index in [9.17, 15) is 5.11 Å². The zero-order valence-electron chi connectivity index (χ0n) is 11.8. The van der Waals surface area contributed by atoms with Gasteiger partial charge >= 0.3 is 0 Å². The van der Waals surface area contributed by atoms with Crippen LogP contribution in [-0.2, 0) is 4.74 Å². The highest BCUT2D eigenvalue weighted by Gasteiger charge is 2.23. The van der Waals surface area contributed by atoms with E-state index in [0.29, 0.717) is 12.4 Å². The summed E-state index contributed by atoms with van der Waals surface area (Å²) >= 11 is 0. The third-order valence-electron chi connectivity index (χ3n) is 3.29. The Bertz CT molecular complexity index is 524. The molecular weight excluding hydrogens is 240 g/mol. The van der Waals surface area contributed by atoms with Gasteiger partial charge in [0.15, 0.2) is 0 Å². The van der Waals surface area contributed by atoms with E-state index in [1.165, 1.54) is 5.56 Å². The number of hydrogen-bond acceptors (Lipinski definition) is 3. The molecule has 3 heteroatoms. The number of fused-ring (bicyclic) bond motifs is 1. The molecule has 2 rings (SSSR count). The Labute approximate surface area is 114 Å². The van der Waals surface area contributed by atoms with Gasteiger partial charge in [0, 0.05) is 12.0 Å². The molecule has 1 aromatic heterocycles. The maximum Gasteiger partial charge on any atom is 0.138 e. The largest absolute Gasteiger partial charge is 0.458 e. The fourth-order valence-corrected chi connectivity index (χ4v) is 2.34. The molecule has 0 radical (unpaired) electrons. The minimum Gasteiger partial charge on any atom is -0.458 e. The lowest BCUT2D eigenvalue weighted by Gasteiger charge is -2.20. The molecule has 0 aliphatic carbocycles. The van der Waals surface area contributed by atoms with Gasteiger partial charge in [-0.2, -0.15) is 0 Å². The van der Waals surface area contributed by atoms with Gasteiger partial charge < -0.3 is 14.3 Å². The second-order valence-corrected chi connectivity index (χ2v) is 4.92. The van der Waals surface area contributed by atoms with Gasteiger partial charge in [-0.1, -0.05) is 25.0 Å². The third-order valence-corrected chi connectivity index (χ3v) is 3.29. The average molecular weight is 262 g/mol. The first-order valence-electron chi connectivity index (χ1n) is 6.95. The molecule has 0 aliphatic heterocycles. The van der Waals surface area contributed by atoms with Crippen molar-refractivity contribution in [3.63, 3.8) is 0 Å². The van der Waals surface area contributed by atoms with Crippen molar-refractivity contribution in [3.8, 4) is 0 Å². The van der Waals surface area contributed by atoms with Gasteiger partial charge in [-0.15, -0.1) is 0 Å². The molecule has 19 heavy (non-hydrogen) atoms. The van der Waals surface area contributed by atoms with Gasteiger partial charge in [0.05, 0.1) is 6.10 Å². The smallest absolute Gasteiger partial charge is 0.138 e. The summed E-state index contributed by atoms with van der Waals surface area (Å²) in [4.78, 5) is 0. The molecule has 2 atom stereocenters. The summed E-state index contributed by atoms with van der Waals surface area (Å²) in [5.41, 5.74) is 2.00. The summed E-state index contributed by atoms with van der Waals surface area (Å²) < 4.78 is 11.3. The van der Waals surface area contributed by atoms with E-state index in [-0.39, 0.29) is 6.10 Å². The van der Waals surface area contributed by atoms with Gasteiger partial charge in [0.25, 0.3) is 0 Å². The zero-order valence-corrected chi connectivity index (χ0v) is 11.8. The van der Waals surface area contributed by atoms with Gasteiger partial charge in [-0.3, -0.25) is 0 Å². The molecule has 1 N–H and O–H groups in total. The fraction of sp³-hybridized carbons (Fsp3) is 0.500. The minimum absolute atomic E-state index is 0.198. The molecule has 0 aliphatic rings. The second kappa shape index (κ2) is 6.22. The average Bonchev–Trinajstić information content (AvgIpc) is 2.80. The first-order chi connectivity index (χ1) is 9.15. The van der Waals surface area contributed by atoms with Gasteiger partial charge in [-0.25, -0.2) is 0 Å². The number of aryl methyl sites for hydroxylation is 1. The molecule has 104 valence electrons. The van der Waals surface area contributed by atoms with Crippen LogP contribution in [0.2, 0.25) is 0 Å². The molecule has 2 aromatic rings. The molecular formula is C16H22O3. The van der Waals surface area contributed by atoms with Gasteiger partial charge in [0.2, 0.25) is 0 Å². The SMILES string of the molecule is CCCC(OCC)C(O)c1cc2cc(C)ccc2o1. The molecule has 0 fully saturated rings. The summed E-state index contributed by atoms with van der Waals surface area (Å²) in [6.45, 7) is 6.67.